The van der Waals surface area contributed by atoms with Gasteiger partial charge in [-0.3, -0.25) is 0 Å². The number of allylic oxidation sites excluding steroid dienone is 2. The Balaban J connectivity index is 0.000000132. The van der Waals surface area contributed by atoms with E-state index >= 15 is 0 Å². The van der Waals surface area contributed by atoms with Gasteiger partial charge in [-0.2, -0.15) is 0 Å². The predicted octanol–water partition coefficient (Wildman–Crippen LogP) is 3.64. The van der Waals surface area contributed by atoms with Crippen molar-refractivity contribution in [1.29, 1.82) is 0 Å². The zero-order valence-corrected chi connectivity index (χ0v) is 10.4. The van der Waals surface area contributed by atoms with E-state index in [4.69, 9.17) is 0 Å². The molecule has 2 aliphatic rings. The Kier molecular flexibility index (Phi) is 6.90. The van der Waals surface area contributed by atoms with Crippen molar-refractivity contribution in [2.45, 2.75) is 49.0 Å². The molecule has 13 heavy (non-hydrogen) atoms. The molecular weight excluding hydrogens is 273 g/mol. The maximum absolute atomic E-state index is 3.37. The molecule has 1 aliphatic heterocycles. The molecule has 1 heterocycles. The first-order valence-corrected chi connectivity index (χ1v) is 6.66. The highest BCUT2D eigenvalue weighted by Crippen LogP contribution is 2.11. The molecule has 0 bridgehead atoms. The van der Waals surface area contributed by atoms with Crippen molar-refractivity contribution in [2.24, 2.45) is 0 Å². The highest BCUT2D eigenvalue weighted by Gasteiger charge is 2.05. The van der Waals surface area contributed by atoms with Gasteiger partial charge in [0.25, 0.3) is 0 Å². The van der Waals surface area contributed by atoms with Gasteiger partial charge in [0.2, 0.25) is 0 Å². The lowest BCUT2D eigenvalue weighted by Crippen LogP contribution is -2.28. The maximum Gasteiger partial charge on any atom is 0.0593 e. The summed E-state index contributed by atoms with van der Waals surface area (Å²) < 4.78 is 0.756. The van der Waals surface area contributed by atoms with Crippen LogP contribution < -0.4 is 5.32 Å². The first-order valence-electron chi connectivity index (χ1n) is 5.42. The maximum atomic E-state index is 3.37. The minimum Gasteiger partial charge on any atom is -0.305 e. The minimum atomic E-state index is 0.756. The monoisotopic (exact) mass is 293 g/mol. The van der Waals surface area contributed by atoms with Crippen LogP contribution in [-0.2, 0) is 0 Å². The molecule has 1 unspecified atom stereocenters. The third-order valence-corrected chi connectivity index (χ3v) is 3.47. The van der Waals surface area contributed by atoms with Crippen molar-refractivity contribution < 1.29 is 0 Å². The molecule has 0 aromatic heterocycles. The van der Waals surface area contributed by atoms with Crippen molar-refractivity contribution in [3.8, 4) is 0 Å². The molecule has 1 saturated heterocycles. The van der Waals surface area contributed by atoms with E-state index in [9.17, 15) is 0 Å². The van der Waals surface area contributed by atoms with Gasteiger partial charge in [-0.15, -0.1) is 0 Å². The van der Waals surface area contributed by atoms with Crippen LogP contribution in [0.5, 0.6) is 0 Å². The number of nitrogens with one attached hydrogen (secondary N) is 1. The van der Waals surface area contributed by atoms with Gasteiger partial charge in [-0.05, 0) is 51.5 Å². The molecule has 2 heteroatoms. The van der Waals surface area contributed by atoms with Gasteiger partial charge in [0, 0.05) is 0 Å². The van der Waals surface area contributed by atoms with Crippen molar-refractivity contribution in [1.82, 2.24) is 5.32 Å². The summed E-state index contributed by atoms with van der Waals surface area (Å²) in [6, 6.07) is 0. The molecule has 0 aromatic carbocycles. The van der Waals surface area contributed by atoms with Crippen LogP contribution in [0.4, 0.5) is 0 Å². The zero-order valence-electron chi connectivity index (χ0n) is 8.27. The molecule has 0 amide bonds. The van der Waals surface area contributed by atoms with Gasteiger partial charge < -0.3 is 5.32 Å². The molecule has 1 N–H and O–H groups in total. The Morgan fingerprint density at radius 2 is 1.69 bits per heavy atom. The van der Waals surface area contributed by atoms with Crippen molar-refractivity contribution in [2.75, 3.05) is 6.54 Å². The molecular formula is C11H20IN. The van der Waals surface area contributed by atoms with Crippen LogP contribution in [0.3, 0.4) is 0 Å². The molecule has 1 atom stereocenters. The van der Waals surface area contributed by atoms with E-state index in [0.29, 0.717) is 0 Å². The third kappa shape index (κ3) is 6.49. The molecule has 1 nitrogen and oxygen atoms in total. The Morgan fingerprint density at radius 3 is 1.92 bits per heavy atom. The minimum absolute atomic E-state index is 0.756. The molecule has 0 aromatic rings. The second kappa shape index (κ2) is 7.80. The molecule has 2 rings (SSSR count). The molecule has 0 saturated carbocycles. The van der Waals surface area contributed by atoms with Gasteiger partial charge in [-0.25, -0.2) is 0 Å². The lowest BCUT2D eigenvalue weighted by Gasteiger charge is -2.16. The Morgan fingerprint density at radius 1 is 1.00 bits per heavy atom. The van der Waals surface area contributed by atoms with E-state index in [1.165, 1.54) is 51.5 Å². The number of halogens is 1. The van der Waals surface area contributed by atoms with E-state index in [-0.39, 0.29) is 0 Å². The fraction of sp³-hybridized carbons (Fsp3) is 0.818. The lowest BCUT2D eigenvalue weighted by molar-refractivity contribution is 0.505. The molecule has 0 spiro atoms. The summed E-state index contributed by atoms with van der Waals surface area (Å²) in [4.78, 5) is 0. The van der Waals surface area contributed by atoms with E-state index < -0.39 is 0 Å². The summed E-state index contributed by atoms with van der Waals surface area (Å²) in [5.74, 6) is 0. The van der Waals surface area contributed by atoms with Crippen LogP contribution in [0.2, 0.25) is 0 Å². The van der Waals surface area contributed by atoms with Crippen LogP contribution in [0.15, 0.2) is 12.2 Å². The summed E-state index contributed by atoms with van der Waals surface area (Å²) in [7, 11) is 0. The van der Waals surface area contributed by atoms with Gasteiger partial charge in [0.05, 0.1) is 4.05 Å². The number of alkyl halides is 1. The number of hydrogen-bond acceptors (Lipinski definition) is 1. The van der Waals surface area contributed by atoms with E-state index in [2.05, 4.69) is 40.1 Å². The zero-order chi connectivity index (χ0) is 9.36. The Hall–Kier alpha value is 0.430. The van der Waals surface area contributed by atoms with Crippen LogP contribution in [0, 0.1) is 0 Å². The fourth-order valence-corrected chi connectivity index (χ4v) is 2.32. The Labute approximate surface area is 95.5 Å². The number of hydrogen-bond donors (Lipinski definition) is 1. The van der Waals surface area contributed by atoms with Crippen LogP contribution in [0.1, 0.15) is 44.9 Å². The van der Waals surface area contributed by atoms with E-state index in [0.717, 1.165) is 4.05 Å². The van der Waals surface area contributed by atoms with Crippen LogP contribution >= 0.6 is 22.6 Å². The topological polar surface area (TPSA) is 12.0 Å². The van der Waals surface area contributed by atoms with Gasteiger partial charge >= 0.3 is 0 Å². The average molecular weight is 293 g/mol. The number of rotatable bonds is 0. The van der Waals surface area contributed by atoms with Gasteiger partial charge in [-0.1, -0.05) is 34.7 Å². The van der Waals surface area contributed by atoms with Crippen LogP contribution in [0.25, 0.3) is 0 Å². The first kappa shape index (κ1) is 11.5. The average Bonchev–Trinajstić information content (AvgIpc) is 2.22. The van der Waals surface area contributed by atoms with Gasteiger partial charge in [0.1, 0.15) is 0 Å². The molecule has 1 fully saturated rings. The molecule has 1 aliphatic carbocycles. The Bertz CT molecular complexity index is 131. The smallest absolute Gasteiger partial charge is 0.0593 e. The lowest BCUT2D eigenvalue weighted by atomic mass is 10.1. The van der Waals surface area contributed by atoms with Crippen LogP contribution in [-0.4, -0.2) is 10.6 Å². The second-order valence-electron chi connectivity index (χ2n) is 3.67. The van der Waals surface area contributed by atoms with Crippen molar-refractivity contribution in [3.63, 3.8) is 0 Å². The summed E-state index contributed by atoms with van der Waals surface area (Å²) >= 11 is 2.45. The normalized spacial score (nSPS) is 27.6. The van der Waals surface area contributed by atoms with Crippen molar-refractivity contribution in [3.05, 3.63) is 12.2 Å². The first-order chi connectivity index (χ1) is 6.39. The predicted molar refractivity (Wildman–Crippen MR) is 67.3 cm³/mol. The molecule has 0 radical (unpaired) electrons. The highest BCUT2D eigenvalue weighted by atomic mass is 127. The van der Waals surface area contributed by atoms with E-state index in [1.807, 2.05) is 0 Å². The highest BCUT2D eigenvalue weighted by molar-refractivity contribution is 14.1. The molecule has 76 valence electrons. The summed E-state index contributed by atoms with van der Waals surface area (Å²) in [6.45, 7) is 1.23. The second-order valence-corrected chi connectivity index (χ2v) is 5.18. The largest absolute Gasteiger partial charge is 0.305 e. The van der Waals surface area contributed by atoms with E-state index in [1.54, 1.807) is 0 Å². The summed E-state index contributed by atoms with van der Waals surface area (Å²) in [5, 5.41) is 3.37. The van der Waals surface area contributed by atoms with Crippen molar-refractivity contribution >= 4 is 22.6 Å². The quantitative estimate of drug-likeness (QED) is 0.311. The standard InChI is InChI=1S/C6H10.C5H10IN/c1-2-4-6-5-3-1;6-5-3-1-2-4-7-5/h1-2H,3-6H2;5,7H,1-4H2. The third-order valence-electron chi connectivity index (χ3n) is 2.41. The fourth-order valence-electron chi connectivity index (χ4n) is 1.57. The van der Waals surface area contributed by atoms with Gasteiger partial charge in [0.15, 0.2) is 0 Å². The summed E-state index contributed by atoms with van der Waals surface area (Å²) in [5.41, 5.74) is 0. The summed E-state index contributed by atoms with van der Waals surface area (Å²) in [6.07, 6.45) is 14.2. The SMILES string of the molecule is C1=CCCCC1.IC1CCCCN1. The number of piperidine rings is 1.